The SMILES string of the molecule is Cc1cc(Cl)ccc1-c1nnnn1C(CC(=O)O)C(C)C. The van der Waals surface area contributed by atoms with Crippen molar-refractivity contribution in [2.24, 2.45) is 5.92 Å². The third kappa shape index (κ3) is 3.39. The number of hydrogen-bond donors (Lipinski definition) is 1. The third-order valence-corrected chi connectivity index (χ3v) is 3.62. The fraction of sp³-hybridized carbons (Fsp3) is 0.429. The summed E-state index contributed by atoms with van der Waals surface area (Å²) >= 11 is 5.96. The molecule has 0 saturated carbocycles. The van der Waals surface area contributed by atoms with Crippen molar-refractivity contribution in [3.05, 3.63) is 28.8 Å². The van der Waals surface area contributed by atoms with Gasteiger partial charge >= 0.3 is 5.97 Å². The number of nitrogens with zero attached hydrogens (tertiary/aromatic N) is 4. The molecule has 0 aliphatic rings. The Balaban J connectivity index is 2.48. The number of hydrogen-bond acceptors (Lipinski definition) is 4. The molecule has 1 aromatic carbocycles. The number of tetrazole rings is 1. The Morgan fingerprint density at radius 1 is 1.43 bits per heavy atom. The molecule has 0 radical (unpaired) electrons. The van der Waals surface area contributed by atoms with Crippen LogP contribution < -0.4 is 0 Å². The molecule has 112 valence electrons. The average Bonchev–Trinajstić information content (AvgIpc) is 2.84. The van der Waals surface area contributed by atoms with Gasteiger partial charge < -0.3 is 5.11 Å². The Hall–Kier alpha value is -1.95. The van der Waals surface area contributed by atoms with Crippen LogP contribution in [0.25, 0.3) is 11.4 Å². The molecule has 1 atom stereocenters. The molecule has 0 amide bonds. The molecule has 1 N–H and O–H groups in total. The Morgan fingerprint density at radius 2 is 2.14 bits per heavy atom. The first kappa shape index (κ1) is 15.4. The first-order valence-electron chi connectivity index (χ1n) is 6.66. The Morgan fingerprint density at radius 3 is 2.71 bits per heavy atom. The lowest BCUT2D eigenvalue weighted by Gasteiger charge is -2.20. The summed E-state index contributed by atoms with van der Waals surface area (Å²) in [6.45, 7) is 5.82. The Labute approximate surface area is 127 Å². The van der Waals surface area contributed by atoms with Gasteiger partial charge in [-0.05, 0) is 47.0 Å². The minimum Gasteiger partial charge on any atom is -0.481 e. The zero-order chi connectivity index (χ0) is 15.6. The minimum atomic E-state index is -0.872. The molecule has 0 spiro atoms. The summed E-state index contributed by atoms with van der Waals surface area (Å²) in [5, 5.41) is 21.5. The van der Waals surface area contributed by atoms with Gasteiger partial charge in [0.25, 0.3) is 0 Å². The van der Waals surface area contributed by atoms with Gasteiger partial charge in [-0.15, -0.1) is 5.10 Å². The van der Waals surface area contributed by atoms with E-state index < -0.39 is 5.97 Å². The molecule has 1 unspecified atom stereocenters. The van der Waals surface area contributed by atoms with E-state index in [1.54, 1.807) is 10.7 Å². The van der Waals surface area contributed by atoms with Crippen LogP contribution >= 0.6 is 11.6 Å². The lowest BCUT2D eigenvalue weighted by atomic mass is 10.0. The second kappa shape index (κ2) is 6.22. The summed E-state index contributed by atoms with van der Waals surface area (Å²) in [6.07, 6.45) is -0.0255. The minimum absolute atomic E-state index is 0.0255. The van der Waals surface area contributed by atoms with Gasteiger partial charge in [0.2, 0.25) is 0 Å². The molecule has 0 saturated heterocycles. The number of carbonyl (C=O) groups is 1. The van der Waals surface area contributed by atoms with E-state index in [2.05, 4.69) is 15.5 Å². The summed E-state index contributed by atoms with van der Waals surface area (Å²) in [6, 6.07) is 5.14. The molecule has 1 heterocycles. The lowest BCUT2D eigenvalue weighted by Crippen LogP contribution is -2.21. The van der Waals surface area contributed by atoms with Gasteiger partial charge in [-0.2, -0.15) is 0 Å². The third-order valence-electron chi connectivity index (χ3n) is 3.39. The maximum absolute atomic E-state index is 11.1. The quantitative estimate of drug-likeness (QED) is 0.918. The molecule has 7 heteroatoms. The van der Waals surface area contributed by atoms with Crippen molar-refractivity contribution < 1.29 is 9.90 Å². The fourth-order valence-electron chi connectivity index (χ4n) is 2.26. The van der Waals surface area contributed by atoms with Gasteiger partial charge in [-0.25, -0.2) is 4.68 Å². The summed E-state index contributed by atoms with van der Waals surface area (Å²) in [4.78, 5) is 11.1. The van der Waals surface area contributed by atoms with E-state index in [1.807, 2.05) is 32.9 Å². The first-order chi connectivity index (χ1) is 9.90. The highest BCUT2D eigenvalue weighted by Crippen LogP contribution is 2.29. The topological polar surface area (TPSA) is 80.9 Å². The van der Waals surface area contributed by atoms with Crippen molar-refractivity contribution in [2.75, 3.05) is 0 Å². The number of aromatic nitrogens is 4. The van der Waals surface area contributed by atoms with E-state index in [9.17, 15) is 4.79 Å². The number of aliphatic carboxylic acids is 1. The summed E-state index contributed by atoms with van der Waals surface area (Å²) in [5.41, 5.74) is 1.79. The molecule has 0 bridgehead atoms. The van der Waals surface area contributed by atoms with Gasteiger partial charge in [0, 0.05) is 10.6 Å². The van der Waals surface area contributed by atoms with Crippen LogP contribution in [0.2, 0.25) is 5.02 Å². The molecule has 21 heavy (non-hydrogen) atoms. The van der Waals surface area contributed by atoms with E-state index in [0.717, 1.165) is 11.1 Å². The smallest absolute Gasteiger partial charge is 0.305 e. The standard InChI is InChI=1S/C14H17ClN4O2/c1-8(2)12(7-13(20)21)19-14(16-17-18-19)11-5-4-10(15)6-9(11)3/h4-6,8,12H,7H2,1-3H3,(H,20,21). The molecule has 0 fully saturated rings. The highest BCUT2D eigenvalue weighted by Gasteiger charge is 2.24. The van der Waals surface area contributed by atoms with E-state index in [-0.39, 0.29) is 18.4 Å². The molecule has 0 aliphatic heterocycles. The maximum atomic E-state index is 11.1. The van der Waals surface area contributed by atoms with E-state index in [0.29, 0.717) is 10.8 Å². The van der Waals surface area contributed by atoms with E-state index in [4.69, 9.17) is 16.7 Å². The van der Waals surface area contributed by atoms with Gasteiger partial charge in [0.05, 0.1) is 12.5 Å². The second-order valence-corrected chi connectivity index (χ2v) is 5.75. The van der Waals surface area contributed by atoms with Gasteiger partial charge in [0.1, 0.15) is 0 Å². The largest absolute Gasteiger partial charge is 0.481 e. The zero-order valence-corrected chi connectivity index (χ0v) is 12.9. The Bertz CT molecular complexity index is 654. The number of carboxylic acid groups (broad SMARTS) is 1. The molecule has 6 nitrogen and oxygen atoms in total. The number of carboxylic acids is 1. The van der Waals surface area contributed by atoms with Gasteiger partial charge in [-0.3, -0.25) is 4.79 Å². The normalized spacial score (nSPS) is 12.6. The number of aryl methyl sites for hydroxylation is 1. The molecular weight excluding hydrogens is 292 g/mol. The monoisotopic (exact) mass is 308 g/mol. The van der Waals surface area contributed by atoms with Crippen molar-refractivity contribution in [3.63, 3.8) is 0 Å². The van der Waals surface area contributed by atoms with Crippen LogP contribution in [0.1, 0.15) is 31.9 Å². The molecule has 0 aliphatic carbocycles. The molecule has 2 aromatic rings. The fourth-order valence-corrected chi connectivity index (χ4v) is 2.48. The van der Waals surface area contributed by atoms with Crippen LogP contribution in [0.4, 0.5) is 0 Å². The van der Waals surface area contributed by atoms with E-state index in [1.165, 1.54) is 0 Å². The summed E-state index contributed by atoms with van der Waals surface area (Å²) in [7, 11) is 0. The van der Waals surface area contributed by atoms with Gasteiger partial charge in [0.15, 0.2) is 5.82 Å². The van der Waals surface area contributed by atoms with Crippen molar-refractivity contribution in [2.45, 2.75) is 33.2 Å². The highest BCUT2D eigenvalue weighted by molar-refractivity contribution is 6.30. The molecular formula is C14H17ClN4O2. The van der Waals surface area contributed by atoms with Crippen molar-refractivity contribution >= 4 is 17.6 Å². The molecule has 2 rings (SSSR count). The Kier molecular flexibility index (Phi) is 4.57. The van der Waals surface area contributed by atoms with Crippen LogP contribution in [-0.2, 0) is 4.79 Å². The number of rotatable bonds is 5. The zero-order valence-electron chi connectivity index (χ0n) is 12.1. The first-order valence-corrected chi connectivity index (χ1v) is 7.04. The summed E-state index contributed by atoms with van der Waals surface area (Å²) < 4.78 is 1.59. The van der Waals surface area contributed by atoms with Crippen LogP contribution in [0, 0.1) is 12.8 Å². The van der Waals surface area contributed by atoms with Crippen LogP contribution in [-0.4, -0.2) is 31.3 Å². The average molecular weight is 309 g/mol. The van der Waals surface area contributed by atoms with E-state index >= 15 is 0 Å². The highest BCUT2D eigenvalue weighted by atomic mass is 35.5. The number of benzene rings is 1. The maximum Gasteiger partial charge on any atom is 0.305 e. The molecule has 1 aromatic heterocycles. The lowest BCUT2D eigenvalue weighted by molar-refractivity contribution is -0.138. The van der Waals surface area contributed by atoms with Crippen molar-refractivity contribution in [3.8, 4) is 11.4 Å². The predicted molar refractivity (Wildman–Crippen MR) is 79.1 cm³/mol. The summed E-state index contributed by atoms with van der Waals surface area (Å²) in [5.74, 6) is -0.219. The predicted octanol–water partition coefficient (Wildman–Crippen LogP) is 2.97. The second-order valence-electron chi connectivity index (χ2n) is 5.32. The number of halogens is 1. The van der Waals surface area contributed by atoms with Crippen LogP contribution in [0.15, 0.2) is 18.2 Å². The van der Waals surface area contributed by atoms with Crippen molar-refractivity contribution in [1.82, 2.24) is 20.2 Å². The van der Waals surface area contributed by atoms with Crippen LogP contribution in [0.3, 0.4) is 0 Å². The van der Waals surface area contributed by atoms with Crippen molar-refractivity contribution in [1.29, 1.82) is 0 Å². The van der Waals surface area contributed by atoms with Gasteiger partial charge in [-0.1, -0.05) is 25.4 Å². The van der Waals surface area contributed by atoms with Crippen LogP contribution in [0.5, 0.6) is 0 Å².